The zero-order valence-electron chi connectivity index (χ0n) is 14.7. The maximum Gasteiger partial charge on any atom is 0.249 e. The van der Waals surface area contributed by atoms with E-state index < -0.39 is 26.4 Å². The Morgan fingerprint density at radius 1 is 1.29 bits per heavy atom. The number of nitrogen functional groups attached to an aromatic ring is 1. The molecule has 0 fully saturated rings. The normalized spacial score (nSPS) is 19.8. The van der Waals surface area contributed by atoms with Crippen molar-refractivity contribution in [1.82, 2.24) is 18.9 Å². The Bertz CT molecular complexity index is 1270. The second-order valence-electron chi connectivity index (χ2n) is 6.59. The number of halogens is 2. The number of rotatable bonds is 3. The van der Waals surface area contributed by atoms with Crippen LogP contribution in [0.5, 0.6) is 0 Å². The molecule has 1 aliphatic rings. The van der Waals surface area contributed by atoms with Gasteiger partial charge in [-0.25, -0.2) is 36.1 Å². The molecule has 0 saturated heterocycles. The topological polar surface area (TPSA) is 104 Å². The number of pyridine rings is 1. The number of anilines is 1. The summed E-state index contributed by atoms with van der Waals surface area (Å²) < 4.78 is 53.5. The lowest BCUT2D eigenvalue weighted by molar-refractivity contribution is 0.545. The summed E-state index contributed by atoms with van der Waals surface area (Å²) in [5.41, 5.74) is 5.97. The third-order valence-corrected chi connectivity index (χ3v) is 6.90. The van der Waals surface area contributed by atoms with Gasteiger partial charge in [0.05, 0.1) is 6.20 Å². The number of allylic oxidation sites excluding steroid dienone is 3. The van der Waals surface area contributed by atoms with Crippen LogP contribution in [0.3, 0.4) is 0 Å². The summed E-state index contributed by atoms with van der Waals surface area (Å²) in [6.45, 7) is 1.44. The van der Waals surface area contributed by atoms with Gasteiger partial charge in [-0.2, -0.15) is 0 Å². The summed E-state index contributed by atoms with van der Waals surface area (Å²) in [6, 6.07) is 3.27. The van der Waals surface area contributed by atoms with Gasteiger partial charge < -0.3 is 5.73 Å². The molecule has 1 atom stereocenters. The molecule has 3 aromatic rings. The van der Waals surface area contributed by atoms with Gasteiger partial charge in [0.25, 0.3) is 0 Å². The largest absolute Gasteiger partial charge is 0.381 e. The molecule has 0 radical (unpaired) electrons. The van der Waals surface area contributed by atoms with Crippen LogP contribution in [-0.4, -0.2) is 32.1 Å². The van der Waals surface area contributed by atoms with Gasteiger partial charge in [0.15, 0.2) is 23.1 Å². The van der Waals surface area contributed by atoms with Crippen LogP contribution in [0, 0.1) is 5.82 Å². The second kappa shape index (κ2) is 6.20. The van der Waals surface area contributed by atoms with Gasteiger partial charge in [-0.15, -0.1) is 0 Å². The van der Waals surface area contributed by atoms with E-state index in [4.69, 9.17) is 5.73 Å². The van der Waals surface area contributed by atoms with Crippen molar-refractivity contribution in [3.63, 3.8) is 0 Å². The third-order valence-electron chi connectivity index (χ3n) is 4.64. The number of nitrogens with zero attached hydrogens (tertiary/aromatic N) is 4. The molecule has 0 aromatic carbocycles. The van der Waals surface area contributed by atoms with E-state index in [-0.39, 0.29) is 23.7 Å². The van der Waals surface area contributed by atoms with Crippen molar-refractivity contribution >= 4 is 26.9 Å². The van der Waals surface area contributed by atoms with E-state index in [1.807, 2.05) is 0 Å². The molecule has 28 heavy (non-hydrogen) atoms. The minimum Gasteiger partial charge on any atom is -0.381 e. The zero-order valence-corrected chi connectivity index (χ0v) is 15.5. The van der Waals surface area contributed by atoms with Crippen LogP contribution in [0.2, 0.25) is 0 Å². The molecule has 0 bridgehead atoms. The zero-order chi connectivity index (χ0) is 20.1. The average molecular weight is 403 g/mol. The number of fused-ring (bicyclic) bond motifs is 1. The van der Waals surface area contributed by atoms with Crippen molar-refractivity contribution in [3.8, 4) is 11.4 Å². The Balaban J connectivity index is 1.97. The van der Waals surface area contributed by atoms with Crippen LogP contribution < -0.4 is 5.73 Å². The first-order chi connectivity index (χ1) is 13.2. The van der Waals surface area contributed by atoms with E-state index in [1.165, 1.54) is 31.5 Å². The maximum atomic E-state index is 13.8. The van der Waals surface area contributed by atoms with E-state index in [9.17, 15) is 17.2 Å². The van der Waals surface area contributed by atoms with Crippen molar-refractivity contribution in [2.75, 3.05) is 5.73 Å². The lowest BCUT2D eigenvalue weighted by atomic mass is 10.0. The van der Waals surface area contributed by atoms with Gasteiger partial charge in [0.1, 0.15) is 10.6 Å². The lowest BCUT2D eigenvalue weighted by Gasteiger charge is -2.27. The van der Waals surface area contributed by atoms with E-state index in [1.54, 1.807) is 12.1 Å². The van der Waals surface area contributed by atoms with Crippen LogP contribution in [-0.2, 0) is 10.0 Å². The molecule has 0 amide bonds. The molecule has 1 aliphatic carbocycles. The molecule has 0 saturated carbocycles. The Kier molecular flexibility index (Phi) is 4.03. The highest BCUT2D eigenvalue weighted by Gasteiger charge is 2.41. The molecule has 144 valence electrons. The molecule has 3 heterocycles. The third kappa shape index (κ3) is 2.68. The van der Waals surface area contributed by atoms with Crippen molar-refractivity contribution in [3.05, 3.63) is 60.6 Å². The van der Waals surface area contributed by atoms with Crippen molar-refractivity contribution < 1.29 is 17.2 Å². The summed E-state index contributed by atoms with van der Waals surface area (Å²) in [6.07, 6.45) is 7.53. The highest BCUT2D eigenvalue weighted by molar-refractivity contribution is 7.91. The molecule has 7 nitrogen and oxygen atoms in total. The summed E-state index contributed by atoms with van der Waals surface area (Å²) >= 11 is 0. The number of hydrogen-bond donors (Lipinski definition) is 1. The van der Waals surface area contributed by atoms with Crippen LogP contribution in [0.25, 0.3) is 22.4 Å². The molecule has 1 unspecified atom stereocenters. The van der Waals surface area contributed by atoms with Gasteiger partial charge >= 0.3 is 0 Å². The fourth-order valence-corrected chi connectivity index (χ4v) is 4.75. The highest BCUT2D eigenvalue weighted by Crippen LogP contribution is 2.36. The Labute approximate surface area is 159 Å². The molecule has 2 N–H and O–H groups in total. The van der Waals surface area contributed by atoms with Crippen LogP contribution in [0.4, 0.5) is 14.6 Å². The standard InChI is InChI=1S/C18H15F2N5O2S/c1-18(6-2-4-11(19)8-18)28(26,27)25-10-13(12-5-3-7-22-17(12)25)16-23-9-14(20)15(21)24-16/h2-5,7-10H,6H2,1H3,(H2,21,23,24). The van der Waals surface area contributed by atoms with E-state index >= 15 is 0 Å². The van der Waals surface area contributed by atoms with Crippen molar-refractivity contribution in [2.24, 2.45) is 0 Å². The SMILES string of the molecule is CC1(S(=O)(=O)n2cc(-c3ncc(F)c(N)n3)c3cccnc32)C=C(F)C=CC1. The van der Waals surface area contributed by atoms with E-state index in [0.717, 1.165) is 16.2 Å². The monoisotopic (exact) mass is 403 g/mol. The fraction of sp³-hybridized carbons (Fsp3) is 0.167. The molecule has 4 rings (SSSR count). The van der Waals surface area contributed by atoms with Gasteiger partial charge in [-0.1, -0.05) is 6.08 Å². The number of aromatic nitrogens is 4. The van der Waals surface area contributed by atoms with Crippen LogP contribution >= 0.6 is 0 Å². The van der Waals surface area contributed by atoms with E-state index in [0.29, 0.717) is 10.9 Å². The molecule has 0 spiro atoms. The maximum absolute atomic E-state index is 13.8. The van der Waals surface area contributed by atoms with Gasteiger partial charge in [0.2, 0.25) is 10.0 Å². The van der Waals surface area contributed by atoms with Crippen LogP contribution in [0.15, 0.2) is 54.8 Å². The first-order valence-corrected chi connectivity index (χ1v) is 9.71. The predicted octanol–water partition coefficient (Wildman–Crippen LogP) is 2.96. The Hall–Kier alpha value is -3.14. The van der Waals surface area contributed by atoms with E-state index in [2.05, 4.69) is 15.0 Å². The molecule has 3 aromatic heterocycles. The highest BCUT2D eigenvalue weighted by atomic mass is 32.2. The first kappa shape index (κ1) is 18.2. The second-order valence-corrected chi connectivity index (χ2v) is 8.87. The quantitative estimate of drug-likeness (QED) is 0.721. The minimum atomic E-state index is -4.10. The molecule has 0 aliphatic heterocycles. The molecular formula is C18H15F2N5O2S. The van der Waals surface area contributed by atoms with Crippen LogP contribution in [0.1, 0.15) is 13.3 Å². The summed E-state index contributed by atoms with van der Waals surface area (Å²) in [7, 11) is -4.10. The Morgan fingerprint density at radius 3 is 2.79 bits per heavy atom. The molecule has 10 heteroatoms. The minimum absolute atomic E-state index is 0.0567. The Morgan fingerprint density at radius 2 is 2.07 bits per heavy atom. The smallest absolute Gasteiger partial charge is 0.249 e. The summed E-state index contributed by atoms with van der Waals surface area (Å²) in [5.74, 6) is -1.70. The fourth-order valence-electron chi connectivity index (χ4n) is 3.11. The van der Waals surface area contributed by atoms with Gasteiger partial charge in [-0.05, 0) is 37.6 Å². The van der Waals surface area contributed by atoms with Gasteiger partial charge in [-0.3, -0.25) is 0 Å². The summed E-state index contributed by atoms with van der Waals surface area (Å²) in [4.78, 5) is 12.0. The predicted molar refractivity (Wildman–Crippen MR) is 101 cm³/mol. The molecular weight excluding hydrogens is 388 g/mol. The average Bonchev–Trinajstić information content (AvgIpc) is 3.04. The lowest BCUT2D eigenvalue weighted by Crippen LogP contribution is -2.38. The number of nitrogens with two attached hydrogens (primary N) is 1. The van der Waals surface area contributed by atoms with Crippen molar-refractivity contribution in [1.29, 1.82) is 0 Å². The number of hydrogen-bond acceptors (Lipinski definition) is 6. The summed E-state index contributed by atoms with van der Waals surface area (Å²) in [5, 5.41) is 0.441. The van der Waals surface area contributed by atoms with Crippen molar-refractivity contribution in [2.45, 2.75) is 18.1 Å². The first-order valence-electron chi connectivity index (χ1n) is 8.27. The van der Waals surface area contributed by atoms with Gasteiger partial charge in [0, 0.05) is 23.3 Å².